The Labute approximate surface area is 124 Å². The van der Waals surface area contributed by atoms with E-state index in [4.69, 9.17) is 9.47 Å². The molecule has 0 radical (unpaired) electrons. The summed E-state index contributed by atoms with van der Waals surface area (Å²) in [5.41, 5.74) is 0.712. The highest BCUT2D eigenvalue weighted by molar-refractivity contribution is 14.1. The third kappa shape index (κ3) is 3.66. The summed E-state index contributed by atoms with van der Waals surface area (Å²) < 4.78 is 11.9. The fourth-order valence-corrected chi connectivity index (χ4v) is 3.35. The molecule has 1 aromatic heterocycles. The molecule has 6 heteroatoms. The van der Waals surface area contributed by atoms with Crippen molar-refractivity contribution in [2.75, 3.05) is 20.3 Å². The second-order valence-electron chi connectivity index (χ2n) is 4.23. The first kappa shape index (κ1) is 14.2. The van der Waals surface area contributed by atoms with Crippen molar-refractivity contribution in [1.82, 2.24) is 5.32 Å². The average molecular weight is 381 g/mol. The van der Waals surface area contributed by atoms with Gasteiger partial charge in [-0.1, -0.05) is 0 Å². The van der Waals surface area contributed by atoms with E-state index in [9.17, 15) is 4.79 Å². The van der Waals surface area contributed by atoms with Crippen molar-refractivity contribution < 1.29 is 14.3 Å². The highest BCUT2D eigenvalue weighted by Crippen LogP contribution is 2.19. The number of carbonyl (C=O) groups is 1. The molecule has 0 aliphatic carbocycles. The number of hydrogen-bond donors (Lipinski definition) is 1. The molecule has 0 unspecified atom stereocenters. The van der Waals surface area contributed by atoms with E-state index in [1.165, 1.54) is 0 Å². The smallest absolute Gasteiger partial charge is 0.252 e. The van der Waals surface area contributed by atoms with Gasteiger partial charge in [-0.2, -0.15) is 0 Å². The van der Waals surface area contributed by atoms with E-state index in [0.29, 0.717) is 12.2 Å². The van der Waals surface area contributed by atoms with Crippen LogP contribution in [0.5, 0.6) is 0 Å². The zero-order valence-electron chi connectivity index (χ0n) is 10.1. The molecule has 1 aliphatic heterocycles. The Kier molecular flexibility index (Phi) is 5.40. The second kappa shape index (κ2) is 6.83. The first-order valence-electron chi connectivity index (χ1n) is 5.86. The van der Waals surface area contributed by atoms with Gasteiger partial charge in [-0.3, -0.25) is 4.79 Å². The van der Waals surface area contributed by atoms with Crippen LogP contribution in [0.3, 0.4) is 0 Å². The number of thiophene rings is 1. The van der Waals surface area contributed by atoms with Gasteiger partial charge in [0.1, 0.15) is 0 Å². The van der Waals surface area contributed by atoms with Gasteiger partial charge in [-0.15, -0.1) is 11.3 Å². The molecule has 0 saturated carbocycles. The molecule has 1 aromatic rings. The summed E-state index contributed by atoms with van der Waals surface area (Å²) in [5.74, 6) is -0.0493. The van der Waals surface area contributed by atoms with Crippen LogP contribution in [0.25, 0.3) is 0 Å². The molecule has 0 aromatic carbocycles. The number of carbonyl (C=O) groups excluding carboxylic acids is 1. The van der Waals surface area contributed by atoms with Gasteiger partial charge in [0, 0.05) is 19.1 Å². The number of hydrogen-bond acceptors (Lipinski definition) is 4. The van der Waals surface area contributed by atoms with Crippen LogP contribution in [-0.4, -0.2) is 38.4 Å². The molecule has 2 heterocycles. The van der Waals surface area contributed by atoms with Crippen molar-refractivity contribution in [1.29, 1.82) is 0 Å². The van der Waals surface area contributed by atoms with Gasteiger partial charge in [0.2, 0.25) is 0 Å². The molecule has 1 amide bonds. The topological polar surface area (TPSA) is 47.6 Å². The van der Waals surface area contributed by atoms with E-state index in [0.717, 1.165) is 22.3 Å². The van der Waals surface area contributed by atoms with E-state index in [2.05, 4.69) is 27.9 Å². The van der Waals surface area contributed by atoms with Crippen LogP contribution in [-0.2, 0) is 9.47 Å². The van der Waals surface area contributed by atoms with Gasteiger partial charge in [0.05, 0.1) is 27.2 Å². The lowest BCUT2D eigenvalue weighted by molar-refractivity contribution is 0.0403. The quantitative estimate of drug-likeness (QED) is 0.797. The van der Waals surface area contributed by atoms with Gasteiger partial charge < -0.3 is 14.8 Å². The van der Waals surface area contributed by atoms with Crippen LogP contribution >= 0.6 is 33.9 Å². The SMILES string of the molecule is COC[C@@H](NC(=O)c1csc(I)c1)[C@@H]1CCCO1. The molecule has 1 aliphatic rings. The minimum Gasteiger partial charge on any atom is -0.382 e. The summed E-state index contributed by atoms with van der Waals surface area (Å²) in [4.78, 5) is 12.1. The van der Waals surface area contributed by atoms with Crippen LogP contribution in [0.2, 0.25) is 0 Å². The minimum absolute atomic E-state index is 0.0493. The van der Waals surface area contributed by atoms with Crippen molar-refractivity contribution >= 4 is 39.8 Å². The number of nitrogens with one attached hydrogen (secondary N) is 1. The van der Waals surface area contributed by atoms with Gasteiger partial charge in [0.15, 0.2) is 0 Å². The molecule has 0 bridgehead atoms. The summed E-state index contributed by atoms with van der Waals surface area (Å²) in [7, 11) is 1.64. The summed E-state index contributed by atoms with van der Waals surface area (Å²) in [6, 6.07) is 1.82. The number of amides is 1. The predicted molar refractivity (Wildman–Crippen MR) is 79.1 cm³/mol. The maximum Gasteiger partial charge on any atom is 0.252 e. The van der Waals surface area contributed by atoms with Crippen LogP contribution < -0.4 is 5.32 Å². The van der Waals surface area contributed by atoms with Crippen molar-refractivity contribution in [2.45, 2.75) is 25.0 Å². The Hall–Kier alpha value is -0.180. The van der Waals surface area contributed by atoms with Crippen molar-refractivity contribution in [3.63, 3.8) is 0 Å². The number of methoxy groups -OCH3 is 1. The molecule has 100 valence electrons. The van der Waals surface area contributed by atoms with E-state index in [1.807, 2.05) is 11.4 Å². The highest BCUT2D eigenvalue weighted by Gasteiger charge is 2.27. The van der Waals surface area contributed by atoms with Crippen LogP contribution in [0.4, 0.5) is 0 Å². The Balaban J connectivity index is 1.97. The van der Waals surface area contributed by atoms with Crippen LogP contribution in [0.15, 0.2) is 11.4 Å². The predicted octanol–water partition coefficient (Wildman–Crippen LogP) is 2.28. The first-order valence-corrected chi connectivity index (χ1v) is 7.82. The lowest BCUT2D eigenvalue weighted by Gasteiger charge is -2.23. The molecule has 4 nitrogen and oxygen atoms in total. The fraction of sp³-hybridized carbons (Fsp3) is 0.583. The number of rotatable bonds is 5. The minimum atomic E-state index is -0.0671. The first-order chi connectivity index (χ1) is 8.70. The van der Waals surface area contributed by atoms with Crippen LogP contribution in [0, 0.1) is 2.88 Å². The van der Waals surface area contributed by atoms with Gasteiger partial charge >= 0.3 is 0 Å². The van der Waals surface area contributed by atoms with Crippen molar-refractivity contribution in [2.24, 2.45) is 0 Å². The molecule has 1 fully saturated rings. The van der Waals surface area contributed by atoms with Gasteiger partial charge in [0.25, 0.3) is 5.91 Å². The third-order valence-electron chi connectivity index (χ3n) is 2.91. The summed E-state index contributed by atoms with van der Waals surface area (Å²) in [5, 5.41) is 4.88. The normalized spacial score (nSPS) is 20.9. The van der Waals surface area contributed by atoms with Crippen molar-refractivity contribution in [3.8, 4) is 0 Å². The summed E-state index contributed by atoms with van der Waals surface area (Å²) in [6.45, 7) is 1.26. The maximum atomic E-state index is 12.1. The van der Waals surface area contributed by atoms with E-state index in [1.54, 1.807) is 18.4 Å². The molecule has 2 atom stereocenters. The van der Waals surface area contributed by atoms with Crippen molar-refractivity contribution in [3.05, 3.63) is 19.9 Å². The Morgan fingerprint density at radius 2 is 2.61 bits per heavy atom. The molecular weight excluding hydrogens is 365 g/mol. The molecular formula is C12H16INO3S. The molecule has 18 heavy (non-hydrogen) atoms. The van der Waals surface area contributed by atoms with Gasteiger partial charge in [-0.25, -0.2) is 0 Å². The number of ether oxygens (including phenoxy) is 2. The van der Waals surface area contributed by atoms with Gasteiger partial charge in [-0.05, 0) is 41.5 Å². The zero-order valence-corrected chi connectivity index (χ0v) is 13.1. The Morgan fingerprint density at radius 1 is 1.78 bits per heavy atom. The highest BCUT2D eigenvalue weighted by atomic mass is 127. The summed E-state index contributed by atoms with van der Waals surface area (Å²) in [6.07, 6.45) is 2.11. The lowest BCUT2D eigenvalue weighted by Crippen LogP contribution is -2.46. The third-order valence-corrected chi connectivity index (χ3v) is 4.70. The maximum absolute atomic E-state index is 12.1. The summed E-state index contributed by atoms with van der Waals surface area (Å²) >= 11 is 3.78. The standard InChI is InChI=1S/C12H16INO3S/c1-16-6-9(10-3-2-4-17-10)14-12(15)8-5-11(13)18-7-8/h5,7,9-10H,2-4,6H2,1H3,(H,14,15)/t9-,10+/m1/s1. The second-order valence-corrected chi connectivity index (χ2v) is 7.03. The van der Waals surface area contributed by atoms with E-state index in [-0.39, 0.29) is 18.1 Å². The zero-order chi connectivity index (χ0) is 13.0. The molecule has 0 spiro atoms. The largest absolute Gasteiger partial charge is 0.382 e. The monoisotopic (exact) mass is 381 g/mol. The van der Waals surface area contributed by atoms with E-state index >= 15 is 0 Å². The molecule has 1 N–H and O–H groups in total. The van der Waals surface area contributed by atoms with E-state index < -0.39 is 0 Å². The van der Waals surface area contributed by atoms with Crippen LogP contribution in [0.1, 0.15) is 23.2 Å². The Bertz CT molecular complexity index is 404. The molecule has 1 saturated heterocycles. The number of halogens is 1. The average Bonchev–Trinajstić information content (AvgIpc) is 2.98. The fourth-order valence-electron chi connectivity index (χ4n) is 2.02. The Morgan fingerprint density at radius 3 is 3.17 bits per heavy atom. The lowest BCUT2D eigenvalue weighted by atomic mass is 10.1. The molecule has 2 rings (SSSR count).